The number of anilines is 2. The second kappa shape index (κ2) is 6.42. The summed E-state index contributed by atoms with van der Waals surface area (Å²) >= 11 is 2.05. The first-order valence-electron chi connectivity index (χ1n) is 7.03. The lowest BCUT2D eigenvalue weighted by atomic mass is 10.2. The van der Waals surface area contributed by atoms with E-state index in [1.54, 1.807) is 0 Å². The van der Waals surface area contributed by atoms with Crippen LogP contribution >= 0.6 is 11.8 Å². The molecule has 2 unspecified atom stereocenters. The summed E-state index contributed by atoms with van der Waals surface area (Å²) in [7, 11) is 0. The van der Waals surface area contributed by atoms with Crippen molar-refractivity contribution in [2.24, 2.45) is 0 Å². The van der Waals surface area contributed by atoms with Gasteiger partial charge in [-0.2, -0.15) is 11.8 Å². The predicted molar refractivity (Wildman–Crippen MR) is 85.4 cm³/mol. The van der Waals surface area contributed by atoms with Crippen molar-refractivity contribution in [1.82, 2.24) is 0 Å². The van der Waals surface area contributed by atoms with E-state index in [9.17, 15) is 0 Å². The SMILES string of the molecule is CCCOc1cccc(N2CC(C)SC(C)C2)c1N. The molecule has 0 bridgehead atoms. The fraction of sp³-hybridized carbons (Fsp3) is 0.600. The number of rotatable bonds is 4. The van der Waals surface area contributed by atoms with Crippen molar-refractivity contribution in [3.8, 4) is 5.75 Å². The average Bonchev–Trinajstić information content (AvgIpc) is 2.36. The molecule has 0 aromatic heterocycles. The van der Waals surface area contributed by atoms with Gasteiger partial charge in [-0.1, -0.05) is 26.8 Å². The van der Waals surface area contributed by atoms with Crippen LogP contribution in [-0.2, 0) is 0 Å². The maximum Gasteiger partial charge on any atom is 0.144 e. The van der Waals surface area contributed by atoms with Crippen LogP contribution in [-0.4, -0.2) is 30.2 Å². The van der Waals surface area contributed by atoms with Crippen molar-refractivity contribution in [2.75, 3.05) is 30.3 Å². The molecule has 0 aliphatic carbocycles. The Kier molecular flexibility index (Phi) is 4.86. The number of nitrogens with zero attached hydrogens (tertiary/aromatic N) is 1. The molecule has 4 heteroatoms. The number of benzene rings is 1. The predicted octanol–water partition coefficient (Wildman–Crippen LogP) is 3.39. The lowest BCUT2D eigenvalue weighted by Crippen LogP contribution is -2.40. The van der Waals surface area contributed by atoms with Crippen LogP contribution < -0.4 is 15.4 Å². The summed E-state index contributed by atoms with van der Waals surface area (Å²) in [6.45, 7) is 9.48. The van der Waals surface area contributed by atoms with E-state index in [1.165, 1.54) is 0 Å². The van der Waals surface area contributed by atoms with Gasteiger partial charge in [0.05, 0.1) is 18.0 Å². The summed E-state index contributed by atoms with van der Waals surface area (Å²) < 4.78 is 5.71. The third-order valence-corrected chi connectivity index (χ3v) is 4.49. The zero-order valence-corrected chi connectivity index (χ0v) is 12.9. The molecule has 1 aromatic rings. The van der Waals surface area contributed by atoms with Gasteiger partial charge in [0.15, 0.2) is 0 Å². The second-order valence-electron chi connectivity index (χ2n) is 5.20. The number of nitrogen functional groups attached to an aromatic ring is 1. The molecular formula is C15H24N2OS. The Morgan fingerprint density at radius 2 is 2.00 bits per heavy atom. The first kappa shape index (κ1) is 14.4. The Hall–Kier alpha value is -1.03. The summed E-state index contributed by atoms with van der Waals surface area (Å²) in [5, 5.41) is 1.28. The molecule has 19 heavy (non-hydrogen) atoms. The number of nitrogens with two attached hydrogens (primary N) is 1. The number of hydrogen-bond donors (Lipinski definition) is 1. The van der Waals surface area contributed by atoms with Crippen LogP contribution in [0.2, 0.25) is 0 Å². The first-order chi connectivity index (χ1) is 9.11. The van der Waals surface area contributed by atoms with Gasteiger partial charge < -0.3 is 15.4 Å². The van der Waals surface area contributed by atoms with Gasteiger partial charge in [-0.15, -0.1) is 0 Å². The van der Waals surface area contributed by atoms with Crippen LogP contribution in [0, 0.1) is 0 Å². The normalized spacial score (nSPS) is 23.4. The number of hydrogen-bond acceptors (Lipinski definition) is 4. The maximum atomic E-state index is 6.27. The molecule has 106 valence electrons. The van der Waals surface area contributed by atoms with Gasteiger partial charge in [0.1, 0.15) is 5.75 Å². The van der Waals surface area contributed by atoms with Crippen molar-refractivity contribution in [2.45, 2.75) is 37.7 Å². The van der Waals surface area contributed by atoms with Crippen LogP contribution in [0.3, 0.4) is 0 Å². The standard InChI is InChI=1S/C15H24N2OS/c1-4-8-18-14-7-5-6-13(15(14)16)17-9-11(2)19-12(3)10-17/h5-7,11-12H,4,8-10,16H2,1-3H3. The average molecular weight is 280 g/mol. The zero-order valence-electron chi connectivity index (χ0n) is 12.1. The molecule has 0 saturated carbocycles. The molecule has 2 N–H and O–H groups in total. The van der Waals surface area contributed by atoms with Gasteiger partial charge in [-0.3, -0.25) is 0 Å². The minimum Gasteiger partial charge on any atom is -0.491 e. The molecule has 1 aliphatic rings. The molecule has 0 amide bonds. The van der Waals surface area contributed by atoms with Crippen LogP contribution in [0.5, 0.6) is 5.75 Å². The van der Waals surface area contributed by atoms with E-state index in [0.717, 1.165) is 43.2 Å². The highest BCUT2D eigenvalue weighted by Gasteiger charge is 2.24. The summed E-state index contributed by atoms with van der Waals surface area (Å²) in [6.07, 6.45) is 0.998. The van der Waals surface area contributed by atoms with Crippen molar-refractivity contribution in [3.05, 3.63) is 18.2 Å². The summed E-state index contributed by atoms with van der Waals surface area (Å²) in [4.78, 5) is 2.39. The molecule has 0 spiro atoms. The van der Waals surface area contributed by atoms with Crippen molar-refractivity contribution >= 4 is 23.1 Å². The number of ether oxygens (including phenoxy) is 1. The largest absolute Gasteiger partial charge is 0.491 e. The van der Waals surface area contributed by atoms with Gasteiger partial charge in [-0.25, -0.2) is 0 Å². The van der Waals surface area contributed by atoms with E-state index >= 15 is 0 Å². The van der Waals surface area contributed by atoms with E-state index in [2.05, 4.69) is 31.7 Å². The third-order valence-electron chi connectivity index (χ3n) is 3.27. The van der Waals surface area contributed by atoms with Gasteiger partial charge in [-0.05, 0) is 18.6 Å². The van der Waals surface area contributed by atoms with Crippen LogP contribution in [0.4, 0.5) is 11.4 Å². The molecule has 1 fully saturated rings. The number of para-hydroxylation sites is 1. The Balaban J connectivity index is 2.19. The highest BCUT2D eigenvalue weighted by molar-refractivity contribution is 8.00. The van der Waals surface area contributed by atoms with Crippen molar-refractivity contribution in [1.29, 1.82) is 0 Å². The Labute approximate surface area is 120 Å². The zero-order chi connectivity index (χ0) is 13.8. The fourth-order valence-corrected chi connectivity index (χ4v) is 3.85. The van der Waals surface area contributed by atoms with Gasteiger partial charge in [0.2, 0.25) is 0 Å². The molecule has 1 heterocycles. The smallest absolute Gasteiger partial charge is 0.144 e. The molecule has 2 atom stereocenters. The molecule has 0 radical (unpaired) electrons. The van der Waals surface area contributed by atoms with Gasteiger partial charge in [0, 0.05) is 23.6 Å². The molecule has 3 nitrogen and oxygen atoms in total. The van der Waals surface area contributed by atoms with Crippen molar-refractivity contribution < 1.29 is 4.74 Å². The molecular weight excluding hydrogens is 256 g/mol. The molecule has 1 saturated heterocycles. The van der Waals surface area contributed by atoms with Crippen LogP contribution in [0.25, 0.3) is 0 Å². The Bertz CT molecular complexity index is 415. The fourth-order valence-electron chi connectivity index (χ4n) is 2.52. The second-order valence-corrected chi connectivity index (χ2v) is 7.08. The lowest BCUT2D eigenvalue weighted by Gasteiger charge is -2.37. The van der Waals surface area contributed by atoms with Crippen LogP contribution in [0.15, 0.2) is 18.2 Å². The highest BCUT2D eigenvalue weighted by atomic mass is 32.2. The summed E-state index contributed by atoms with van der Waals surface area (Å²) in [5.74, 6) is 0.817. The Morgan fingerprint density at radius 1 is 1.32 bits per heavy atom. The molecule has 1 aliphatic heterocycles. The third kappa shape index (κ3) is 3.50. The number of thioether (sulfide) groups is 1. The van der Waals surface area contributed by atoms with Crippen LogP contribution in [0.1, 0.15) is 27.2 Å². The molecule has 2 rings (SSSR count). The van der Waals surface area contributed by atoms with Gasteiger partial charge >= 0.3 is 0 Å². The minimum atomic E-state index is 0.642. The van der Waals surface area contributed by atoms with E-state index < -0.39 is 0 Å². The highest BCUT2D eigenvalue weighted by Crippen LogP contribution is 2.36. The van der Waals surface area contributed by atoms with Gasteiger partial charge in [0.25, 0.3) is 0 Å². The maximum absolute atomic E-state index is 6.27. The summed E-state index contributed by atoms with van der Waals surface area (Å²) in [5.41, 5.74) is 8.17. The first-order valence-corrected chi connectivity index (χ1v) is 7.97. The lowest BCUT2D eigenvalue weighted by molar-refractivity contribution is 0.319. The summed E-state index contributed by atoms with van der Waals surface area (Å²) in [6, 6.07) is 6.09. The van der Waals surface area contributed by atoms with E-state index in [-0.39, 0.29) is 0 Å². The monoisotopic (exact) mass is 280 g/mol. The van der Waals surface area contributed by atoms with E-state index in [1.807, 2.05) is 23.9 Å². The Morgan fingerprint density at radius 3 is 2.63 bits per heavy atom. The quantitative estimate of drug-likeness (QED) is 0.858. The molecule has 1 aromatic carbocycles. The topological polar surface area (TPSA) is 38.5 Å². The van der Waals surface area contributed by atoms with E-state index in [4.69, 9.17) is 10.5 Å². The van der Waals surface area contributed by atoms with E-state index in [0.29, 0.717) is 10.5 Å². The minimum absolute atomic E-state index is 0.642. The van der Waals surface area contributed by atoms with Crippen molar-refractivity contribution in [3.63, 3.8) is 0 Å².